The highest BCUT2D eigenvalue weighted by Crippen LogP contribution is 2.46. The lowest BCUT2D eigenvalue weighted by molar-refractivity contribution is -0.373. The summed E-state index contributed by atoms with van der Waals surface area (Å²) in [5, 5.41) is 22.4. The zero-order valence-electron chi connectivity index (χ0n) is 25.2. The minimum atomic E-state index is -4.69. The van der Waals surface area contributed by atoms with E-state index in [1.54, 1.807) is 24.1 Å². The lowest BCUT2D eigenvalue weighted by Crippen LogP contribution is -2.52. The van der Waals surface area contributed by atoms with Crippen LogP contribution in [0.3, 0.4) is 0 Å². The van der Waals surface area contributed by atoms with E-state index in [1.165, 1.54) is 24.2 Å². The van der Waals surface area contributed by atoms with Gasteiger partial charge < -0.3 is 21.1 Å². The number of hydrogen-bond donors (Lipinski definition) is 3. The Hall–Kier alpha value is -2.83. The van der Waals surface area contributed by atoms with Crippen molar-refractivity contribution in [1.29, 1.82) is 0 Å². The monoisotopic (exact) mass is 628 g/mol. The summed E-state index contributed by atoms with van der Waals surface area (Å²) in [6.07, 6.45) is 4.97. The Morgan fingerprint density at radius 1 is 0.952 bits per heavy atom. The summed E-state index contributed by atoms with van der Waals surface area (Å²) in [6, 6.07) is 15.7. The van der Waals surface area contributed by atoms with Crippen LogP contribution in [-0.2, 0) is 10.1 Å². The van der Waals surface area contributed by atoms with Crippen LogP contribution in [0.4, 0.5) is 17.1 Å². The Balaban J connectivity index is 0.000000416. The molecule has 0 aliphatic rings. The molecule has 0 amide bonds. The third-order valence-corrected chi connectivity index (χ3v) is 10.2. The van der Waals surface area contributed by atoms with E-state index in [4.69, 9.17) is 5.73 Å². The average Bonchev–Trinajstić information content (AvgIpc) is 2.90. The number of nitrogens with two attached hydrogens (primary N) is 1. The topological polar surface area (TPSA) is 156 Å². The summed E-state index contributed by atoms with van der Waals surface area (Å²) in [5.74, 6) is -0.227. The summed E-state index contributed by atoms with van der Waals surface area (Å²) in [4.78, 5) is 1.07. The normalized spacial score (nSPS) is 12.6. The smallest absolute Gasteiger partial charge is 0.154 e. The van der Waals surface area contributed by atoms with Crippen LogP contribution in [-0.4, -0.2) is 37.1 Å². The first-order valence-corrected chi connectivity index (χ1v) is 17.3. The molecular formula is C31H40N4O4S3. The van der Waals surface area contributed by atoms with Crippen molar-refractivity contribution in [2.75, 3.05) is 24.8 Å². The molecule has 4 rings (SSSR count). The lowest BCUT2D eigenvalue weighted by Gasteiger charge is -2.38. The molecule has 0 spiro atoms. The van der Waals surface area contributed by atoms with Gasteiger partial charge in [0.05, 0.1) is 17.1 Å². The van der Waals surface area contributed by atoms with Crippen molar-refractivity contribution >= 4 is 72.2 Å². The minimum absolute atomic E-state index is 0.0333. The molecule has 226 valence electrons. The number of nitrogen functional groups attached to an aromatic ring is 1. The van der Waals surface area contributed by atoms with Gasteiger partial charge in [-0.1, -0.05) is 65.0 Å². The van der Waals surface area contributed by atoms with Crippen LogP contribution in [0.25, 0.3) is 21.5 Å². The highest BCUT2D eigenvalue weighted by Gasteiger charge is 2.32. The summed E-state index contributed by atoms with van der Waals surface area (Å²) in [5.41, 5.74) is 11.5. The molecule has 6 N–H and O–H groups in total. The van der Waals surface area contributed by atoms with Crippen LogP contribution >= 0.6 is 23.5 Å². The molecule has 0 bridgehead atoms. The summed E-state index contributed by atoms with van der Waals surface area (Å²) in [6.45, 7) is 12.6. The number of quaternary nitrogens is 1. The molecule has 4 aromatic carbocycles. The molecule has 0 saturated heterocycles. The zero-order valence-corrected chi connectivity index (χ0v) is 27.6. The molecule has 0 heterocycles. The fraction of sp³-hybridized carbons (Fsp3) is 0.355. The molecule has 0 aliphatic carbocycles. The van der Waals surface area contributed by atoms with Gasteiger partial charge in [-0.2, -0.15) is 0 Å². The van der Waals surface area contributed by atoms with Crippen molar-refractivity contribution in [3.63, 3.8) is 0 Å². The van der Waals surface area contributed by atoms with E-state index in [1.807, 2.05) is 42.7 Å². The van der Waals surface area contributed by atoms with Gasteiger partial charge in [0.25, 0.3) is 0 Å². The second kappa shape index (κ2) is 13.2. The SMILES string of the molecule is CC(C)(C)C(C)(C)CC[NH3+].CSc1cc2cc(S(=O)(=O)[O-])cc(N)c2c(O)c1N=Nc1ccc2ccccc2c1SC. The number of hydrogen-bond acceptors (Lipinski definition) is 9. The van der Waals surface area contributed by atoms with Gasteiger partial charge in [0.2, 0.25) is 0 Å². The van der Waals surface area contributed by atoms with Crippen LogP contribution in [0.1, 0.15) is 41.0 Å². The van der Waals surface area contributed by atoms with Gasteiger partial charge in [0.1, 0.15) is 15.8 Å². The number of thioether (sulfide) groups is 2. The largest absolute Gasteiger partial charge is 0.744 e. The van der Waals surface area contributed by atoms with E-state index in [-0.39, 0.29) is 22.5 Å². The molecule has 0 aliphatic heterocycles. The van der Waals surface area contributed by atoms with E-state index >= 15 is 0 Å². The number of phenolic OH excluding ortho intramolecular Hbond substituents is 1. The fourth-order valence-corrected chi connectivity index (χ4v) is 6.18. The number of nitrogens with zero attached hydrogens (tertiary/aromatic N) is 2. The quantitative estimate of drug-likeness (QED) is 0.0818. The number of fused-ring (bicyclic) bond motifs is 2. The summed E-state index contributed by atoms with van der Waals surface area (Å²) >= 11 is 2.86. The number of aromatic hydroxyl groups is 1. The number of anilines is 1. The van der Waals surface area contributed by atoms with E-state index in [9.17, 15) is 18.1 Å². The number of rotatable bonds is 7. The Labute approximate surface area is 257 Å². The first-order chi connectivity index (χ1) is 19.6. The summed E-state index contributed by atoms with van der Waals surface area (Å²) in [7, 11) is -4.69. The molecule has 42 heavy (non-hydrogen) atoms. The van der Waals surface area contributed by atoms with Crippen LogP contribution < -0.4 is 11.5 Å². The highest BCUT2D eigenvalue weighted by molar-refractivity contribution is 7.99. The maximum Gasteiger partial charge on any atom is 0.154 e. The third kappa shape index (κ3) is 7.38. The van der Waals surface area contributed by atoms with Gasteiger partial charge in [-0.15, -0.1) is 33.8 Å². The standard InChI is InChI=1S/C22H19N3O4S3.C9H21N/c1-30-18-10-13-9-14(32(27,28)29)11-16(23)19(13)21(26)20(18)25-24-17-8-7-12-5-3-4-6-15(12)22(17)31-2;1-8(2,3)9(4,5)6-7-10/h3-11,26H,23H2,1-2H3,(H,27,28,29);6-7,10H2,1-5H3. The molecule has 11 heteroatoms. The van der Waals surface area contributed by atoms with Crippen molar-refractivity contribution in [3.8, 4) is 5.75 Å². The van der Waals surface area contributed by atoms with Crippen molar-refractivity contribution in [3.05, 3.63) is 54.6 Å². The van der Waals surface area contributed by atoms with Gasteiger partial charge in [0, 0.05) is 27.3 Å². The highest BCUT2D eigenvalue weighted by atomic mass is 32.2. The minimum Gasteiger partial charge on any atom is -0.744 e. The lowest BCUT2D eigenvalue weighted by atomic mass is 9.67. The van der Waals surface area contributed by atoms with Crippen LogP contribution in [0.15, 0.2) is 79.5 Å². The molecule has 0 unspecified atom stereocenters. The van der Waals surface area contributed by atoms with E-state index < -0.39 is 15.0 Å². The Morgan fingerprint density at radius 3 is 2.17 bits per heavy atom. The molecular weight excluding hydrogens is 589 g/mol. The van der Waals surface area contributed by atoms with Gasteiger partial charge in [-0.05, 0) is 63.8 Å². The first kappa shape index (κ1) is 33.7. The third-order valence-electron chi connectivity index (χ3n) is 7.82. The van der Waals surface area contributed by atoms with E-state index in [0.717, 1.165) is 28.3 Å². The van der Waals surface area contributed by atoms with Crippen molar-refractivity contribution in [2.45, 2.75) is 55.7 Å². The fourth-order valence-electron chi connectivity index (χ4n) is 4.33. The molecule has 8 nitrogen and oxygen atoms in total. The molecule has 0 atom stereocenters. The van der Waals surface area contributed by atoms with Crippen molar-refractivity contribution in [2.24, 2.45) is 21.1 Å². The van der Waals surface area contributed by atoms with Gasteiger partial charge in [-0.25, -0.2) is 8.42 Å². The van der Waals surface area contributed by atoms with Gasteiger partial charge in [-0.3, -0.25) is 0 Å². The maximum absolute atomic E-state index is 11.4. The average molecular weight is 629 g/mol. The Morgan fingerprint density at radius 2 is 1.62 bits per heavy atom. The van der Waals surface area contributed by atoms with Crippen LogP contribution in [0.5, 0.6) is 5.75 Å². The second-order valence-corrected chi connectivity index (χ2v) is 14.7. The zero-order chi connectivity index (χ0) is 31.5. The predicted octanol–water partition coefficient (Wildman–Crippen LogP) is 7.73. The molecule has 0 fully saturated rings. The Bertz CT molecular complexity index is 1730. The summed E-state index contributed by atoms with van der Waals surface area (Å²) < 4.78 is 34.3. The Kier molecular flexibility index (Phi) is 10.6. The van der Waals surface area contributed by atoms with Gasteiger partial charge in [0.15, 0.2) is 5.75 Å². The molecule has 4 aromatic rings. The van der Waals surface area contributed by atoms with Crippen molar-refractivity contribution in [1.82, 2.24) is 0 Å². The predicted molar refractivity (Wildman–Crippen MR) is 175 cm³/mol. The first-order valence-electron chi connectivity index (χ1n) is 13.4. The molecule has 0 saturated carbocycles. The molecule has 0 aromatic heterocycles. The molecule has 0 radical (unpaired) electrons. The van der Waals surface area contributed by atoms with E-state index in [0.29, 0.717) is 26.8 Å². The van der Waals surface area contributed by atoms with E-state index in [2.05, 4.69) is 50.6 Å². The number of phenols is 1. The van der Waals surface area contributed by atoms with Crippen LogP contribution in [0.2, 0.25) is 0 Å². The number of azo groups is 1. The maximum atomic E-state index is 11.4. The second-order valence-electron chi connectivity index (χ2n) is 11.6. The van der Waals surface area contributed by atoms with Crippen LogP contribution in [0, 0.1) is 10.8 Å². The van der Waals surface area contributed by atoms with Crippen molar-refractivity contribution < 1.29 is 23.8 Å². The van der Waals surface area contributed by atoms with Gasteiger partial charge >= 0.3 is 0 Å². The number of benzene rings is 4.